The average Bonchev–Trinajstić information content (AvgIpc) is 3.26. The maximum atomic E-state index is 12.3. The molecule has 0 radical (unpaired) electrons. The highest BCUT2D eigenvalue weighted by molar-refractivity contribution is 5.75. The van der Waals surface area contributed by atoms with Gasteiger partial charge in [0.2, 0.25) is 12.7 Å². The number of carbonyl (C=O) groups is 1. The molecule has 1 N–H and O–H groups in total. The number of amides is 1. The molecular formula is C18H17N5O4. The third-order valence-electron chi connectivity index (χ3n) is 4.15. The van der Waals surface area contributed by atoms with Gasteiger partial charge < -0.3 is 14.8 Å². The third-order valence-corrected chi connectivity index (χ3v) is 4.15. The van der Waals surface area contributed by atoms with Gasteiger partial charge in [-0.15, -0.1) is 5.10 Å². The molecule has 0 bridgehead atoms. The van der Waals surface area contributed by atoms with Crippen molar-refractivity contribution in [3.05, 3.63) is 58.6 Å². The van der Waals surface area contributed by atoms with E-state index in [4.69, 9.17) is 9.47 Å². The fourth-order valence-electron chi connectivity index (χ4n) is 2.75. The van der Waals surface area contributed by atoms with Gasteiger partial charge in [-0.05, 0) is 29.8 Å². The lowest BCUT2D eigenvalue weighted by atomic mass is 10.2. The predicted octanol–water partition coefficient (Wildman–Crippen LogP) is 0.689. The van der Waals surface area contributed by atoms with Crippen LogP contribution in [0.5, 0.6) is 11.5 Å². The molecule has 27 heavy (non-hydrogen) atoms. The lowest BCUT2D eigenvalue weighted by molar-refractivity contribution is -0.122. The monoisotopic (exact) mass is 367 g/mol. The van der Waals surface area contributed by atoms with Crippen molar-refractivity contribution < 1.29 is 14.3 Å². The molecule has 0 atom stereocenters. The van der Waals surface area contributed by atoms with Crippen LogP contribution >= 0.6 is 0 Å². The van der Waals surface area contributed by atoms with E-state index >= 15 is 0 Å². The van der Waals surface area contributed by atoms with Crippen LogP contribution < -0.4 is 20.5 Å². The number of ether oxygens (including phenoxy) is 2. The van der Waals surface area contributed by atoms with E-state index < -0.39 is 0 Å². The second-order valence-electron chi connectivity index (χ2n) is 6.00. The smallest absolute Gasteiger partial charge is 0.346 e. The summed E-state index contributed by atoms with van der Waals surface area (Å²) in [6.45, 7) is 0.334. The number of nitrogens with zero attached hydrogens (tertiary/aromatic N) is 4. The molecule has 1 amide bonds. The van der Waals surface area contributed by atoms with E-state index in [9.17, 15) is 9.59 Å². The quantitative estimate of drug-likeness (QED) is 0.712. The minimum atomic E-state index is -0.381. The van der Waals surface area contributed by atoms with Crippen molar-refractivity contribution in [3.63, 3.8) is 0 Å². The molecule has 0 aliphatic carbocycles. The Bertz CT molecular complexity index is 1040. The number of pyridine rings is 1. The highest BCUT2D eigenvalue weighted by Gasteiger charge is 2.16. The Morgan fingerprint density at radius 2 is 2.07 bits per heavy atom. The fraction of sp³-hybridized carbons (Fsp3) is 0.222. The lowest BCUT2D eigenvalue weighted by Gasteiger charge is -2.06. The van der Waals surface area contributed by atoms with E-state index in [0.717, 1.165) is 10.2 Å². The van der Waals surface area contributed by atoms with Crippen LogP contribution in [0.2, 0.25) is 0 Å². The van der Waals surface area contributed by atoms with Crippen LogP contribution in [0.15, 0.2) is 47.4 Å². The van der Waals surface area contributed by atoms with Gasteiger partial charge in [0.25, 0.3) is 0 Å². The zero-order chi connectivity index (χ0) is 18.8. The first kappa shape index (κ1) is 16.8. The molecule has 0 saturated carbocycles. The number of benzene rings is 1. The Morgan fingerprint density at radius 3 is 2.89 bits per heavy atom. The van der Waals surface area contributed by atoms with Crippen molar-refractivity contribution in [2.45, 2.75) is 13.1 Å². The number of fused-ring (bicyclic) bond motifs is 1. The van der Waals surface area contributed by atoms with Gasteiger partial charge in [0.15, 0.2) is 17.3 Å². The molecule has 0 fully saturated rings. The van der Waals surface area contributed by atoms with Crippen molar-refractivity contribution in [1.82, 2.24) is 24.6 Å². The molecule has 0 unspecified atom stereocenters. The van der Waals surface area contributed by atoms with E-state index in [2.05, 4.69) is 15.4 Å². The van der Waals surface area contributed by atoms with E-state index in [-0.39, 0.29) is 24.9 Å². The van der Waals surface area contributed by atoms with Crippen molar-refractivity contribution >= 4 is 5.91 Å². The van der Waals surface area contributed by atoms with Gasteiger partial charge in [-0.25, -0.2) is 9.48 Å². The molecular weight excluding hydrogens is 350 g/mol. The zero-order valence-corrected chi connectivity index (χ0v) is 14.6. The number of hydrogen-bond donors (Lipinski definition) is 1. The van der Waals surface area contributed by atoms with Crippen molar-refractivity contribution in [1.29, 1.82) is 0 Å². The third kappa shape index (κ3) is 3.39. The topological polar surface area (TPSA) is 100 Å². The van der Waals surface area contributed by atoms with Crippen molar-refractivity contribution in [2.24, 2.45) is 7.05 Å². The number of carbonyl (C=O) groups excluding carboxylic acids is 1. The molecule has 9 nitrogen and oxygen atoms in total. The summed E-state index contributed by atoms with van der Waals surface area (Å²) >= 11 is 0. The molecule has 3 heterocycles. The molecule has 1 aliphatic heterocycles. The number of rotatable bonds is 5. The van der Waals surface area contributed by atoms with Crippen molar-refractivity contribution in [2.75, 3.05) is 6.79 Å². The first-order valence-corrected chi connectivity index (χ1v) is 8.32. The molecule has 3 aromatic rings. The Kier molecular flexibility index (Phi) is 4.33. The van der Waals surface area contributed by atoms with Crippen LogP contribution in [0, 0.1) is 0 Å². The Hall–Kier alpha value is -3.62. The summed E-state index contributed by atoms with van der Waals surface area (Å²) in [6.07, 6.45) is 1.62. The van der Waals surface area contributed by atoms with Crippen LogP contribution in [-0.2, 0) is 24.9 Å². The van der Waals surface area contributed by atoms with Crippen LogP contribution in [0.1, 0.15) is 5.56 Å². The second-order valence-corrected chi connectivity index (χ2v) is 6.00. The molecule has 138 valence electrons. The van der Waals surface area contributed by atoms with Crippen molar-refractivity contribution in [3.8, 4) is 23.0 Å². The maximum absolute atomic E-state index is 12.3. The molecule has 0 saturated heterocycles. The summed E-state index contributed by atoms with van der Waals surface area (Å²) < 4.78 is 13.1. The molecule has 0 spiro atoms. The van der Waals surface area contributed by atoms with Crippen LogP contribution in [0.25, 0.3) is 11.5 Å². The number of aromatic nitrogens is 4. The number of nitrogens with one attached hydrogen (secondary N) is 1. The molecule has 1 aromatic carbocycles. The predicted molar refractivity (Wildman–Crippen MR) is 95.1 cm³/mol. The summed E-state index contributed by atoms with van der Waals surface area (Å²) in [4.78, 5) is 28.8. The van der Waals surface area contributed by atoms with Crippen LogP contribution in [0.4, 0.5) is 0 Å². The standard InChI is InChI=1S/C18H17N5O4/c1-22-17(13-4-2-3-7-19-13)21-23(18(22)25)10-16(24)20-9-12-5-6-14-15(8-12)27-11-26-14/h2-8H,9-11H2,1H3,(H,20,24). The Morgan fingerprint density at radius 1 is 1.22 bits per heavy atom. The molecule has 4 rings (SSSR count). The molecule has 9 heteroatoms. The highest BCUT2D eigenvalue weighted by atomic mass is 16.7. The Balaban J connectivity index is 1.43. The summed E-state index contributed by atoms with van der Waals surface area (Å²) in [5.41, 5.74) is 1.06. The summed E-state index contributed by atoms with van der Waals surface area (Å²) in [5, 5.41) is 7.00. The number of hydrogen-bond acceptors (Lipinski definition) is 6. The maximum Gasteiger partial charge on any atom is 0.346 e. The van der Waals surface area contributed by atoms with E-state index in [1.165, 1.54) is 4.57 Å². The van der Waals surface area contributed by atoms with Gasteiger partial charge in [0, 0.05) is 19.8 Å². The van der Waals surface area contributed by atoms with Gasteiger partial charge in [0.05, 0.1) is 0 Å². The Labute approximate surface area is 154 Å². The largest absolute Gasteiger partial charge is 0.454 e. The summed E-state index contributed by atoms with van der Waals surface area (Å²) in [7, 11) is 1.60. The first-order chi connectivity index (χ1) is 13.1. The van der Waals surface area contributed by atoms with Gasteiger partial charge in [-0.2, -0.15) is 0 Å². The fourth-order valence-corrected chi connectivity index (χ4v) is 2.75. The molecule has 2 aromatic heterocycles. The van der Waals surface area contributed by atoms with Gasteiger partial charge in [-0.3, -0.25) is 14.3 Å². The van der Waals surface area contributed by atoms with Crippen LogP contribution in [0.3, 0.4) is 0 Å². The first-order valence-electron chi connectivity index (χ1n) is 8.32. The highest BCUT2D eigenvalue weighted by Crippen LogP contribution is 2.32. The normalized spacial score (nSPS) is 12.2. The molecule has 1 aliphatic rings. The van der Waals surface area contributed by atoms with E-state index in [0.29, 0.717) is 29.6 Å². The second kappa shape index (κ2) is 6.94. The average molecular weight is 367 g/mol. The minimum absolute atomic E-state index is 0.177. The lowest BCUT2D eigenvalue weighted by Crippen LogP contribution is -2.33. The van der Waals surface area contributed by atoms with E-state index in [1.807, 2.05) is 18.2 Å². The van der Waals surface area contributed by atoms with Gasteiger partial charge in [0.1, 0.15) is 12.2 Å². The summed E-state index contributed by atoms with van der Waals surface area (Å²) in [6, 6.07) is 10.8. The SMILES string of the molecule is Cn1c(-c2ccccn2)nn(CC(=O)NCc2ccc3c(c2)OCO3)c1=O. The van der Waals surface area contributed by atoms with Gasteiger partial charge >= 0.3 is 5.69 Å². The van der Waals surface area contributed by atoms with E-state index in [1.54, 1.807) is 31.4 Å². The van der Waals surface area contributed by atoms with Gasteiger partial charge in [-0.1, -0.05) is 12.1 Å². The minimum Gasteiger partial charge on any atom is -0.454 e. The van der Waals surface area contributed by atoms with Crippen LogP contribution in [-0.4, -0.2) is 32.0 Å². The zero-order valence-electron chi connectivity index (χ0n) is 14.6. The summed E-state index contributed by atoms with van der Waals surface area (Å²) in [5.74, 6) is 1.43.